The lowest BCUT2D eigenvalue weighted by Gasteiger charge is -2.25. The minimum Gasteiger partial charge on any atom is -0.462 e. The van der Waals surface area contributed by atoms with Gasteiger partial charge in [0.25, 0.3) is 5.70 Å². The fourth-order valence-corrected chi connectivity index (χ4v) is 3.97. The average Bonchev–Trinajstić information content (AvgIpc) is 3.12. The largest absolute Gasteiger partial charge is 0.462 e. The molecule has 0 saturated carbocycles. The molecule has 13 heteroatoms. The van der Waals surface area contributed by atoms with Gasteiger partial charge in [-0.25, -0.2) is 9.59 Å². The summed E-state index contributed by atoms with van der Waals surface area (Å²) in [5, 5.41) is 11.1. The van der Waals surface area contributed by atoms with Crippen molar-refractivity contribution in [3.8, 4) is 0 Å². The Hall–Kier alpha value is -2.94. The summed E-state index contributed by atoms with van der Waals surface area (Å²) in [6, 6.07) is 0. The highest BCUT2D eigenvalue weighted by Crippen LogP contribution is 2.25. The van der Waals surface area contributed by atoms with Crippen LogP contribution in [-0.4, -0.2) is 107 Å². The third-order valence-corrected chi connectivity index (χ3v) is 5.74. The van der Waals surface area contributed by atoms with Crippen LogP contribution in [0.2, 0.25) is 0 Å². The van der Waals surface area contributed by atoms with Crippen molar-refractivity contribution < 1.29 is 52.4 Å². The van der Waals surface area contributed by atoms with E-state index >= 15 is 0 Å². The summed E-state index contributed by atoms with van der Waals surface area (Å²) in [5.41, 5.74) is 0.0900. The summed E-state index contributed by atoms with van der Waals surface area (Å²) in [7, 11) is 0. The Morgan fingerprint density at radius 2 is 1.26 bits per heavy atom. The Morgan fingerprint density at radius 1 is 0.769 bits per heavy atom. The van der Waals surface area contributed by atoms with Crippen molar-refractivity contribution in [1.82, 2.24) is 0 Å². The van der Waals surface area contributed by atoms with Crippen LogP contribution in [0.15, 0.2) is 47.2 Å². The molecule has 39 heavy (non-hydrogen) atoms. The molecular weight excluding hydrogens is 518 g/mol. The highest BCUT2D eigenvalue weighted by Gasteiger charge is 2.36. The van der Waals surface area contributed by atoms with Gasteiger partial charge >= 0.3 is 11.9 Å². The first kappa shape index (κ1) is 30.6. The zero-order valence-electron chi connectivity index (χ0n) is 22.1. The highest BCUT2D eigenvalue weighted by atomic mass is 16.6. The van der Waals surface area contributed by atoms with Crippen molar-refractivity contribution >= 4 is 11.9 Å². The van der Waals surface area contributed by atoms with Crippen LogP contribution in [0.5, 0.6) is 0 Å². The van der Waals surface area contributed by atoms with E-state index in [0.29, 0.717) is 65.0 Å². The Labute approximate surface area is 226 Å². The van der Waals surface area contributed by atoms with Crippen LogP contribution in [0.3, 0.4) is 0 Å². The van der Waals surface area contributed by atoms with Crippen molar-refractivity contribution in [2.24, 2.45) is 0 Å². The Bertz CT molecular complexity index is 972. The summed E-state index contributed by atoms with van der Waals surface area (Å²) in [5.74, 6) is -1.06. The fraction of sp³-hybridized carbons (Fsp3) is 0.615. The first-order valence-electron chi connectivity index (χ1n) is 12.9. The zero-order valence-corrected chi connectivity index (χ0v) is 22.1. The van der Waals surface area contributed by atoms with Gasteiger partial charge in [0, 0.05) is 6.08 Å². The van der Waals surface area contributed by atoms with E-state index in [2.05, 4.69) is 0 Å². The third-order valence-electron chi connectivity index (χ3n) is 5.74. The highest BCUT2D eigenvalue weighted by molar-refractivity contribution is 5.93. The van der Waals surface area contributed by atoms with Gasteiger partial charge in [-0.15, -0.1) is 0 Å². The van der Waals surface area contributed by atoms with E-state index in [1.807, 2.05) is 6.08 Å². The van der Waals surface area contributed by atoms with Crippen LogP contribution in [0.25, 0.3) is 0 Å². The second-order valence-electron chi connectivity index (χ2n) is 8.38. The maximum absolute atomic E-state index is 11.9. The Kier molecular flexibility index (Phi) is 12.7. The SMILES string of the molecule is CCOC(=O)C1=CC2OCCOCCOC2C=C1.CCOC(=O)C1=CC2OCCOCCOC2C=C1[N+](=O)[O-]. The molecule has 4 rings (SSSR count). The maximum atomic E-state index is 11.9. The minimum absolute atomic E-state index is 0.105. The number of hydrogen-bond acceptors (Lipinski definition) is 12. The molecule has 4 unspecified atom stereocenters. The molecule has 216 valence electrons. The molecule has 2 saturated heterocycles. The Balaban J connectivity index is 0.000000218. The second-order valence-corrected chi connectivity index (χ2v) is 8.38. The van der Waals surface area contributed by atoms with Crippen molar-refractivity contribution in [1.29, 1.82) is 0 Å². The molecule has 0 radical (unpaired) electrons. The molecule has 0 bridgehead atoms. The quantitative estimate of drug-likeness (QED) is 0.274. The monoisotopic (exact) mass is 553 g/mol. The summed E-state index contributed by atoms with van der Waals surface area (Å²) >= 11 is 0. The number of nitrogens with zero attached hydrogens (tertiary/aromatic N) is 1. The van der Waals surface area contributed by atoms with Gasteiger partial charge in [0.2, 0.25) is 0 Å². The number of rotatable bonds is 5. The standard InChI is InChI=1S/C13H17NO7.C13H18O5/c1-2-19-13(15)9-7-11-12(8-10(9)14(16)17)21-6-4-18-3-5-20-11;1-2-16-13(14)10-3-4-11-12(9-10)18-8-6-15-5-7-17-11/h7-8,11-12H,2-6H2,1H3;3-4,9,11-12H,2,5-8H2,1H3. The molecule has 4 atom stereocenters. The fourth-order valence-electron chi connectivity index (χ4n) is 3.97. The van der Waals surface area contributed by atoms with E-state index < -0.39 is 23.1 Å². The van der Waals surface area contributed by atoms with E-state index in [0.717, 1.165) is 0 Å². The molecule has 0 spiro atoms. The van der Waals surface area contributed by atoms with E-state index in [-0.39, 0.29) is 36.1 Å². The maximum Gasteiger partial charge on any atom is 0.344 e. The van der Waals surface area contributed by atoms with Gasteiger partial charge in [-0.3, -0.25) is 10.1 Å². The summed E-state index contributed by atoms with van der Waals surface area (Å²) in [6.07, 6.45) is 6.40. The predicted molar refractivity (Wildman–Crippen MR) is 134 cm³/mol. The van der Waals surface area contributed by atoms with E-state index in [1.54, 1.807) is 26.0 Å². The van der Waals surface area contributed by atoms with Crippen LogP contribution in [0.4, 0.5) is 0 Å². The number of esters is 2. The van der Waals surface area contributed by atoms with Crippen LogP contribution >= 0.6 is 0 Å². The topological polar surface area (TPSA) is 151 Å². The molecular formula is C26H35NO12. The summed E-state index contributed by atoms with van der Waals surface area (Å²) < 4.78 is 42.6. The van der Waals surface area contributed by atoms with Crippen LogP contribution in [0.1, 0.15) is 13.8 Å². The van der Waals surface area contributed by atoms with Crippen LogP contribution < -0.4 is 0 Å². The third kappa shape index (κ3) is 9.34. The molecule has 0 N–H and O–H groups in total. The number of carbonyl (C=O) groups excluding carboxylic acids is 2. The molecule has 0 aromatic rings. The summed E-state index contributed by atoms with van der Waals surface area (Å²) in [4.78, 5) is 34.0. The normalized spacial score (nSPS) is 27.3. The number of hydrogen-bond donors (Lipinski definition) is 0. The van der Waals surface area contributed by atoms with Crippen molar-refractivity contribution in [2.45, 2.75) is 38.3 Å². The molecule has 2 heterocycles. The van der Waals surface area contributed by atoms with Gasteiger partial charge in [-0.2, -0.15) is 0 Å². The second kappa shape index (κ2) is 16.2. The van der Waals surface area contributed by atoms with Gasteiger partial charge in [-0.1, -0.05) is 6.08 Å². The van der Waals surface area contributed by atoms with Gasteiger partial charge < -0.3 is 37.9 Å². The lowest BCUT2D eigenvalue weighted by molar-refractivity contribution is -0.421. The minimum atomic E-state index is -0.737. The van der Waals surface area contributed by atoms with Crippen molar-refractivity contribution in [2.75, 3.05) is 66.1 Å². The number of ether oxygens (including phenoxy) is 8. The first-order chi connectivity index (χ1) is 18.9. The number of fused-ring (bicyclic) bond motifs is 2. The predicted octanol–water partition coefficient (Wildman–Crippen LogP) is 1.30. The van der Waals surface area contributed by atoms with Gasteiger partial charge in [0.15, 0.2) is 0 Å². The summed E-state index contributed by atoms with van der Waals surface area (Å²) in [6.45, 7) is 7.46. The van der Waals surface area contributed by atoms with Gasteiger partial charge in [0.05, 0.1) is 76.6 Å². The Morgan fingerprint density at radius 3 is 1.79 bits per heavy atom. The molecule has 4 aliphatic rings. The number of nitro groups is 1. The molecule has 0 aromatic heterocycles. The number of carbonyl (C=O) groups is 2. The molecule has 2 aliphatic carbocycles. The lowest BCUT2D eigenvalue weighted by Crippen LogP contribution is -2.35. The van der Waals surface area contributed by atoms with Crippen LogP contribution in [0, 0.1) is 10.1 Å². The van der Waals surface area contributed by atoms with E-state index in [9.17, 15) is 19.7 Å². The first-order valence-corrected chi connectivity index (χ1v) is 12.9. The lowest BCUT2D eigenvalue weighted by atomic mass is 9.99. The van der Waals surface area contributed by atoms with Crippen molar-refractivity contribution in [3.63, 3.8) is 0 Å². The van der Waals surface area contributed by atoms with E-state index in [4.69, 9.17) is 37.9 Å². The zero-order chi connectivity index (χ0) is 28.0. The molecule has 0 amide bonds. The van der Waals surface area contributed by atoms with Crippen LogP contribution in [-0.2, 0) is 47.5 Å². The molecule has 13 nitrogen and oxygen atoms in total. The van der Waals surface area contributed by atoms with Crippen molar-refractivity contribution in [3.05, 3.63) is 57.3 Å². The molecule has 2 fully saturated rings. The van der Waals surface area contributed by atoms with Gasteiger partial charge in [-0.05, 0) is 32.1 Å². The molecule has 2 aliphatic heterocycles. The van der Waals surface area contributed by atoms with Gasteiger partial charge in [0.1, 0.15) is 30.0 Å². The smallest absolute Gasteiger partial charge is 0.344 e. The average molecular weight is 554 g/mol. The van der Waals surface area contributed by atoms with E-state index in [1.165, 1.54) is 12.2 Å². The molecule has 0 aromatic carbocycles.